The van der Waals surface area contributed by atoms with Crippen molar-refractivity contribution < 1.29 is 0 Å². The van der Waals surface area contributed by atoms with Crippen LogP contribution in [0.4, 0.5) is 5.82 Å². The molecule has 0 aromatic carbocycles. The Morgan fingerprint density at radius 3 is 2.78 bits per heavy atom. The van der Waals surface area contributed by atoms with Crippen LogP contribution in [0.25, 0.3) is 22.6 Å². The number of aryl methyl sites for hydroxylation is 1. The minimum atomic E-state index is 0.582. The molecular weight excluding hydrogens is 228 g/mol. The number of rotatable bonds is 2. The lowest BCUT2D eigenvalue weighted by Gasteiger charge is -2.01. The van der Waals surface area contributed by atoms with Gasteiger partial charge in [0.05, 0.1) is 17.0 Å². The lowest BCUT2D eigenvalue weighted by Crippen LogP contribution is -1.98. The zero-order valence-corrected chi connectivity index (χ0v) is 9.83. The SMILES string of the molecule is Cn1nc(-c2ccn[nH]2)c(-c2ccccn2)c1N. The minimum absolute atomic E-state index is 0.582. The Morgan fingerprint density at radius 1 is 1.22 bits per heavy atom. The smallest absolute Gasteiger partial charge is 0.131 e. The molecule has 0 spiro atoms. The molecular formula is C12H12N6. The highest BCUT2D eigenvalue weighted by Crippen LogP contribution is 2.33. The number of hydrogen-bond donors (Lipinski definition) is 2. The van der Waals surface area contributed by atoms with Gasteiger partial charge in [-0.3, -0.25) is 14.8 Å². The Morgan fingerprint density at radius 2 is 2.11 bits per heavy atom. The maximum absolute atomic E-state index is 6.07. The maximum atomic E-state index is 6.07. The van der Waals surface area contributed by atoms with Crippen molar-refractivity contribution in [2.24, 2.45) is 7.05 Å². The van der Waals surface area contributed by atoms with Gasteiger partial charge in [-0.15, -0.1) is 0 Å². The lowest BCUT2D eigenvalue weighted by atomic mass is 10.1. The average molecular weight is 240 g/mol. The molecule has 6 nitrogen and oxygen atoms in total. The molecule has 0 amide bonds. The molecule has 0 bridgehead atoms. The zero-order chi connectivity index (χ0) is 12.5. The first-order valence-electron chi connectivity index (χ1n) is 5.51. The number of nitrogen functional groups attached to an aromatic ring is 1. The van der Waals surface area contributed by atoms with Crippen molar-refractivity contribution in [1.29, 1.82) is 0 Å². The van der Waals surface area contributed by atoms with Gasteiger partial charge in [0, 0.05) is 19.4 Å². The van der Waals surface area contributed by atoms with Gasteiger partial charge < -0.3 is 5.73 Å². The molecule has 0 atom stereocenters. The summed E-state index contributed by atoms with van der Waals surface area (Å²) in [5, 5.41) is 11.2. The van der Waals surface area contributed by atoms with Gasteiger partial charge in [0.15, 0.2) is 0 Å². The predicted molar refractivity (Wildman–Crippen MR) is 68.4 cm³/mol. The summed E-state index contributed by atoms with van der Waals surface area (Å²) >= 11 is 0. The third-order valence-electron chi connectivity index (χ3n) is 2.77. The van der Waals surface area contributed by atoms with Crippen molar-refractivity contribution in [2.75, 3.05) is 5.73 Å². The Hall–Kier alpha value is -2.63. The zero-order valence-electron chi connectivity index (χ0n) is 9.83. The van der Waals surface area contributed by atoms with Crippen LogP contribution in [0.1, 0.15) is 0 Å². The summed E-state index contributed by atoms with van der Waals surface area (Å²) < 4.78 is 1.64. The van der Waals surface area contributed by atoms with Gasteiger partial charge >= 0.3 is 0 Å². The van der Waals surface area contributed by atoms with Crippen molar-refractivity contribution in [2.45, 2.75) is 0 Å². The highest BCUT2D eigenvalue weighted by molar-refractivity contribution is 5.85. The number of nitrogens with one attached hydrogen (secondary N) is 1. The Labute approximate surface area is 103 Å². The topological polar surface area (TPSA) is 85.4 Å². The van der Waals surface area contributed by atoms with Crippen LogP contribution in [0.5, 0.6) is 0 Å². The second-order valence-electron chi connectivity index (χ2n) is 3.92. The lowest BCUT2D eigenvalue weighted by molar-refractivity contribution is 0.781. The summed E-state index contributed by atoms with van der Waals surface area (Å²) in [6.45, 7) is 0. The van der Waals surface area contributed by atoms with Crippen LogP contribution in [-0.2, 0) is 7.05 Å². The second-order valence-corrected chi connectivity index (χ2v) is 3.92. The quantitative estimate of drug-likeness (QED) is 0.710. The first-order chi connectivity index (χ1) is 8.77. The van der Waals surface area contributed by atoms with Crippen molar-refractivity contribution in [3.05, 3.63) is 36.7 Å². The third kappa shape index (κ3) is 1.55. The normalized spacial score (nSPS) is 10.7. The number of anilines is 1. The fourth-order valence-electron chi connectivity index (χ4n) is 1.88. The Kier molecular flexibility index (Phi) is 2.33. The molecule has 0 unspecified atom stereocenters. The minimum Gasteiger partial charge on any atom is -0.383 e. The maximum Gasteiger partial charge on any atom is 0.131 e. The van der Waals surface area contributed by atoms with Crippen LogP contribution in [0.2, 0.25) is 0 Å². The van der Waals surface area contributed by atoms with Gasteiger partial charge in [-0.05, 0) is 18.2 Å². The van der Waals surface area contributed by atoms with E-state index >= 15 is 0 Å². The van der Waals surface area contributed by atoms with E-state index in [2.05, 4.69) is 20.3 Å². The van der Waals surface area contributed by atoms with Gasteiger partial charge in [0.2, 0.25) is 0 Å². The molecule has 3 N–H and O–H groups in total. The number of aromatic amines is 1. The van der Waals surface area contributed by atoms with Gasteiger partial charge in [0.1, 0.15) is 11.5 Å². The summed E-state index contributed by atoms with van der Waals surface area (Å²) in [5.41, 5.74) is 9.27. The van der Waals surface area contributed by atoms with E-state index in [1.165, 1.54) is 0 Å². The fraction of sp³-hybridized carbons (Fsp3) is 0.0833. The fourth-order valence-corrected chi connectivity index (χ4v) is 1.88. The Bertz CT molecular complexity index is 653. The van der Waals surface area contributed by atoms with E-state index in [0.29, 0.717) is 5.82 Å². The van der Waals surface area contributed by atoms with E-state index in [9.17, 15) is 0 Å². The molecule has 0 aliphatic rings. The van der Waals surface area contributed by atoms with Crippen molar-refractivity contribution in [3.63, 3.8) is 0 Å². The number of H-pyrrole nitrogens is 1. The Balaban J connectivity index is 2.26. The number of hydrogen-bond acceptors (Lipinski definition) is 4. The van der Waals surface area contributed by atoms with Gasteiger partial charge in [-0.1, -0.05) is 6.07 Å². The van der Waals surface area contributed by atoms with E-state index in [-0.39, 0.29) is 0 Å². The third-order valence-corrected chi connectivity index (χ3v) is 2.77. The number of pyridine rings is 1. The van der Waals surface area contributed by atoms with Crippen LogP contribution < -0.4 is 5.73 Å². The molecule has 3 aromatic heterocycles. The summed E-state index contributed by atoms with van der Waals surface area (Å²) in [4.78, 5) is 4.33. The van der Waals surface area contributed by atoms with Gasteiger partial charge in [0.25, 0.3) is 0 Å². The first-order valence-corrected chi connectivity index (χ1v) is 5.51. The van der Waals surface area contributed by atoms with E-state index in [1.807, 2.05) is 31.3 Å². The van der Waals surface area contributed by atoms with Crippen LogP contribution in [0.3, 0.4) is 0 Å². The predicted octanol–water partition coefficient (Wildman–Crippen LogP) is 1.45. The van der Waals surface area contributed by atoms with E-state index in [4.69, 9.17) is 5.73 Å². The second kappa shape index (κ2) is 3.99. The van der Waals surface area contributed by atoms with Crippen molar-refractivity contribution in [3.8, 4) is 22.6 Å². The summed E-state index contributed by atoms with van der Waals surface area (Å²) in [5.74, 6) is 0.582. The summed E-state index contributed by atoms with van der Waals surface area (Å²) in [7, 11) is 1.81. The molecule has 0 fully saturated rings. The van der Waals surface area contributed by atoms with Gasteiger partial charge in [-0.25, -0.2) is 0 Å². The summed E-state index contributed by atoms with van der Waals surface area (Å²) in [6, 6.07) is 7.55. The van der Waals surface area contributed by atoms with E-state index in [0.717, 1.165) is 22.6 Å². The molecule has 0 saturated heterocycles. The average Bonchev–Trinajstić information content (AvgIpc) is 3.00. The molecule has 0 aliphatic heterocycles. The van der Waals surface area contributed by atoms with Gasteiger partial charge in [-0.2, -0.15) is 10.2 Å². The molecule has 0 saturated carbocycles. The number of nitrogens with two attached hydrogens (primary N) is 1. The molecule has 0 aliphatic carbocycles. The molecule has 3 rings (SSSR count). The molecule has 90 valence electrons. The highest BCUT2D eigenvalue weighted by Gasteiger charge is 2.18. The van der Waals surface area contributed by atoms with Crippen LogP contribution in [0.15, 0.2) is 36.7 Å². The van der Waals surface area contributed by atoms with Crippen LogP contribution >= 0.6 is 0 Å². The molecule has 0 radical (unpaired) electrons. The van der Waals surface area contributed by atoms with Crippen molar-refractivity contribution in [1.82, 2.24) is 25.0 Å². The monoisotopic (exact) mass is 240 g/mol. The first kappa shape index (κ1) is 10.5. The number of nitrogens with zero attached hydrogens (tertiary/aromatic N) is 4. The van der Waals surface area contributed by atoms with Crippen LogP contribution in [0, 0.1) is 0 Å². The van der Waals surface area contributed by atoms with Crippen LogP contribution in [-0.4, -0.2) is 25.0 Å². The van der Waals surface area contributed by atoms with E-state index < -0.39 is 0 Å². The standard InChI is InChI=1S/C12H12N6/c1-18-12(13)10(8-4-2-3-6-14-8)11(17-18)9-5-7-15-16-9/h2-7H,13H2,1H3,(H,15,16). The largest absolute Gasteiger partial charge is 0.383 e. The summed E-state index contributed by atoms with van der Waals surface area (Å²) in [6.07, 6.45) is 3.42. The molecule has 3 aromatic rings. The van der Waals surface area contributed by atoms with E-state index in [1.54, 1.807) is 17.1 Å². The molecule has 3 heterocycles. The molecule has 6 heteroatoms. The number of aromatic nitrogens is 5. The highest BCUT2D eigenvalue weighted by atomic mass is 15.3. The molecule has 18 heavy (non-hydrogen) atoms. The van der Waals surface area contributed by atoms with Crippen molar-refractivity contribution >= 4 is 5.82 Å².